The van der Waals surface area contributed by atoms with E-state index in [-0.39, 0.29) is 18.1 Å². The van der Waals surface area contributed by atoms with Gasteiger partial charge in [-0.1, -0.05) is 35.5 Å². The van der Waals surface area contributed by atoms with Crippen LogP contribution in [-0.4, -0.2) is 46.6 Å². The molecule has 39 heavy (non-hydrogen) atoms. The van der Waals surface area contributed by atoms with E-state index in [4.69, 9.17) is 4.52 Å². The van der Waals surface area contributed by atoms with E-state index in [9.17, 15) is 9.90 Å². The van der Waals surface area contributed by atoms with Crippen LogP contribution in [-0.2, 0) is 7.05 Å². The number of hydrogen-bond acceptors (Lipinski definition) is 10. The maximum Gasteiger partial charge on any atom is 0.273 e. The molecule has 0 aliphatic rings. The lowest BCUT2D eigenvalue weighted by molar-refractivity contribution is 0.276. The van der Waals surface area contributed by atoms with Gasteiger partial charge < -0.3 is 20.3 Å². The van der Waals surface area contributed by atoms with Crippen molar-refractivity contribution in [1.82, 2.24) is 34.9 Å². The molecule has 0 bridgehead atoms. The average molecular weight is 522 g/mol. The second-order valence-electron chi connectivity index (χ2n) is 8.76. The van der Waals surface area contributed by atoms with Crippen LogP contribution in [0.25, 0.3) is 33.9 Å². The van der Waals surface area contributed by atoms with Crippen molar-refractivity contribution in [1.29, 1.82) is 0 Å². The number of hydrogen-bond donors (Lipinski definition) is 4. The van der Waals surface area contributed by atoms with Crippen LogP contribution in [0.1, 0.15) is 11.6 Å². The summed E-state index contributed by atoms with van der Waals surface area (Å²) in [5.74, 6) is 1.65. The van der Waals surface area contributed by atoms with E-state index in [2.05, 4.69) is 40.8 Å². The highest BCUT2D eigenvalue weighted by atomic mass is 16.5. The zero-order valence-electron chi connectivity index (χ0n) is 20.7. The van der Waals surface area contributed by atoms with Gasteiger partial charge in [-0.2, -0.15) is 4.98 Å². The fourth-order valence-electron chi connectivity index (χ4n) is 4.22. The molecule has 0 saturated carbocycles. The van der Waals surface area contributed by atoms with Gasteiger partial charge in [-0.3, -0.25) is 19.6 Å². The quantitative estimate of drug-likeness (QED) is 0.233. The van der Waals surface area contributed by atoms with Crippen molar-refractivity contribution in [2.45, 2.75) is 6.04 Å². The zero-order valence-corrected chi connectivity index (χ0v) is 20.7. The number of anilines is 3. The summed E-state index contributed by atoms with van der Waals surface area (Å²) >= 11 is 0. The predicted molar refractivity (Wildman–Crippen MR) is 145 cm³/mol. The molecule has 0 spiro atoms. The highest BCUT2D eigenvalue weighted by Gasteiger charge is 2.19. The van der Waals surface area contributed by atoms with Gasteiger partial charge in [0.15, 0.2) is 5.65 Å². The third-order valence-electron chi connectivity index (χ3n) is 6.18. The van der Waals surface area contributed by atoms with Gasteiger partial charge in [-0.05, 0) is 29.8 Å². The van der Waals surface area contributed by atoms with Gasteiger partial charge in [-0.25, -0.2) is 9.97 Å². The Hall–Kier alpha value is -5.36. The molecular formula is C27H23N9O3. The molecule has 0 radical (unpaired) electrons. The number of pyridine rings is 3. The van der Waals surface area contributed by atoms with Crippen molar-refractivity contribution in [2.75, 3.05) is 17.2 Å². The van der Waals surface area contributed by atoms with Gasteiger partial charge in [0.1, 0.15) is 11.6 Å². The maximum atomic E-state index is 12.0. The van der Waals surface area contributed by atoms with Crippen molar-refractivity contribution in [3.05, 3.63) is 95.2 Å². The number of rotatable bonds is 8. The van der Waals surface area contributed by atoms with Crippen LogP contribution < -0.4 is 16.2 Å². The molecule has 0 fully saturated rings. The Labute approximate surface area is 221 Å². The molecule has 0 aliphatic heterocycles. The number of nitrogens with zero attached hydrogens (tertiary/aromatic N) is 6. The fourth-order valence-corrected chi connectivity index (χ4v) is 4.22. The van der Waals surface area contributed by atoms with Crippen LogP contribution in [0.5, 0.6) is 0 Å². The SMILES string of the molecule is Cn1[nH]c(=O)c2ccc(Nc3cc(N[C@H](CO)c4ccccc4)c(-c4nc(-c5ccncc5)no4)cn3)nc21. The lowest BCUT2D eigenvalue weighted by atomic mass is 10.1. The molecule has 194 valence electrons. The summed E-state index contributed by atoms with van der Waals surface area (Å²) in [6, 6.07) is 18.0. The molecule has 12 heteroatoms. The molecule has 6 aromatic rings. The van der Waals surface area contributed by atoms with Crippen molar-refractivity contribution < 1.29 is 9.63 Å². The summed E-state index contributed by atoms with van der Waals surface area (Å²) in [4.78, 5) is 29.7. The molecule has 5 aromatic heterocycles. The van der Waals surface area contributed by atoms with E-state index in [0.717, 1.165) is 11.1 Å². The number of fused-ring (bicyclic) bond motifs is 1. The first-order chi connectivity index (χ1) is 19.1. The third kappa shape index (κ3) is 4.83. The molecular weight excluding hydrogens is 498 g/mol. The zero-order chi connectivity index (χ0) is 26.8. The summed E-state index contributed by atoms with van der Waals surface area (Å²) in [5.41, 5.74) is 3.13. The Morgan fingerprint density at radius 3 is 2.67 bits per heavy atom. The summed E-state index contributed by atoms with van der Waals surface area (Å²) in [5, 5.41) is 24.1. The molecule has 0 unspecified atom stereocenters. The molecule has 0 amide bonds. The number of aryl methyl sites for hydroxylation is 1. The Kier molecular flexibility index (Phi) is 6.27. The average Bonchev–Trinajstić information content (AvgIpc) is 3.57. The summed E-state index contributed by atoms with van der Waals surface area (Å²) in [7, 11) is 1.72. The Morgan fingerprint density at radius 2 is 1.87 bits per heavy atom. The minimum atomic E-state index is -0.411. The van der Waals surface area contributed by atoms with Gasteiger partial charge >= 0.3 is 0 Å². The topological polar surface area (TPSA) is 160 Å². The first kappa shape index (κ1) is 24.0. The van der Waals surface area contributed by atoms with Gasteiger partial charge in [0, 0.05) is 37.3 Å². The maximum absolute atomic E-state index is 12.0. The molecule has 1 atom stereocenters. The number of aliphatic hydroxyl groups excluding tert-OH is 1. The lowest BCUT2D eigenvalue weighted by Crippen LogP contribution is -2.15. The molecule has 6 rings (SSSR count). The Balaban J connectivity index is 1.38. The first-order valence-electron chi connectivity index (χ1n) is 12.1. The van der Waals surface area contributed by atoms with Crippen molar-refractivity contribution >= 4 is 28.4 Å². The van der Waals surface area contributed by atoms with Gasteiger partial charge in [-0.15, -0.1) is 0 Å². The standard InChI is InChI=1S/C27H23N9O3/c1-36-25-18(26(38)34-36)7-8-22(32-25)31-23-13-20(30-21(15-37)16-5-3-2-4-6-16)19(14-29-23)27-33-24(35-39-27)17-9-11-28-12-10-17/h2-14,21,37H,15H2,1H3,(H,34,38)(H2,29,30,31,32)/t21-/m1/s1. The number of aromatic nitrogens is 7. The summed E-state index contributed by atoms with van der Waals surface area (Å²) in [6.07, 6.45) is 4.92. The van der Waals surface area contributed by atoms with Crippen molar-refractivity contribution in [3.63, 3.8) is 0 Å². The van der Waals surface area contributed by atoms with Crippen LogP contribution in [0, 0.1) is 0 Å². The molecule has 1 aromatic carbocycles. The van der Waals surface area contributed by atoms with Crippen molar-refractivity contribution in [3.8, 4) is 22.8 Å². The second-order valence-corrected chi connectivity index (χ2v) is 8.76. The van der Waals surface area contributed by atoms with E-state index in [0.29, 0.717) is 39.7 Å². The van der Waals surface area contributed by atoms with Crippen LogP contribution in [0.2, 0.25) is 0 Å². The lowest BCUT2D eigenvalue weighted by Gasteiger charge is -2.20. The number of nitrogens with one attached hydrogen (secondary N) is 3. The monoisotopic (exact) mass is 521 g/mol. The molecule has 12 nitrogen and oxygen atoms in total. The van der Waals surface area contributed by atoms with E-state index < -0.39 is 6.04 Å². The Morgan fingerprint density at radius 1 is 1.05 bits per heavy atom. The van der Waals surface area contributed by atoms with Crippen molar-refractivity contribution in [2.24, 2.45) is 7.05 Å². The highest BCUT2D eigenvalue weighted by Crippen LogP contribution is 2.33. The molecule has 0 saturated heterocycles. The first-order valence-corrected chi connectivity index (χ1v) is 12.1. The number of aliphatic hydroxyl groups is 1. The van der Waals surface area contributed by atoms with E-state index in [1.54, 1.807) is 60.7 Å². The third-order valence-corrected chi connectivity index (χ3v) is 6.18. The van der Waals surface area contributed by atoms with E-state index in [1.807, 2.05) is 30.3 Å². The highest BCUT2D eigenvalue weighted by molar-refractivity contribution is 5.79. The Bertz CT molecular complexity index is 1800. The minimum absolute atomic E-state index is 0.152. The number of H-pyrrole nitrogens is 1. The molecule has 4 N–H and O–H groups in total. The van der Waals surface area contributed by atoms with Crippen LogP contribution >= 0.6 is 0 Å². The van der Waals surface area contributed by atoms with Gasteiger partial charge in [0.05, 0.1) is 29.3 Å². The largest absolute Gasteiger partial charge is 0.394 e. The van der Waals surface area contributed by atoms with Crippen LogP contribution in [0.3, 0.4) is 0 Å². The minimum Gasteiger partial charge on any atom is -0.394 e. The van der Waals surface area contributed by atoms with Gasteiger partial charge in [0.2, 0.25) is 5.82 Å². The summed E-state index contributed by atoms with van der Waals surface area (Å²) < 4.78 is 7.16. The fraction of sp³-hybridized carbons (Fsp3) is 0.111. The van der Waals surface area contributed by atoms with Crippen LogP contribution in [0.4, 0.5) is 17.3 Å². The van der Waals surface area contributed by atoms with Crippen LogP contribution in [0.15, 0.2) is 88.6 Å². The van der Waals surface area contributed by atoms with E-state index >= 15 is 0 Å². The number of aromatic amines is 1. The normalized spacial score (nSPS) is 11.9. The molecule has 5 heterocycles. The molecule has 0 aliphatic carbocycles. The number of benzene rings is 1. The summed E-state index contributed by atoms with van der Waals surface area (Å²) in [6.45, 7) is -0.152. The van der Waals surface area contributed by atoms with E-state index in [1.165, 1.54) is 0 Å². The predicted octanol–water partition coefficient (Wildman–Crippen LogP) is 3.66. The second kappa shape index (κ2) is 10.2. The van der Waals surface area contributed by atoms with Gasteiger partial charge in [0.25, 0.3) is 11.4 Å². The smallest absolute Gasteiger partial charge is 0.273 e.